The fourth-order valence-electron chi connectivity index (χ4n) is 4.55. The number of piperazine rings is 1. The van der Waals surface area contributed by atoms with Crippen molar-refractivity contribution in [3.8, 4) is 0 Å². The second kappa shape index (κ2) is 10.1. The largest absolute Gasteiger partial charge is 0.361 e. The second-order valence-corrected chi connectivity index (χ2v) is 8.43. The molecule has 2 aromatic rings. The molecular formula is C23H33FN6O. The minimum Gasteiger partial charge on any atom is -0.361 e. The normalized spacial score (nSPS) is 18.6. The molecule has 2 fully saturated rings. The van der Waals surface area contributed by atoms with Gasteiger partial charge >= 0.3 is 0 Å². The minimum absolute atomic E-state index is 0.214. The van der Waals surface area contributed by atoms with Crippen molar-refractivity contribution in [2.45, 2.75) is 25.7 Å². The number of halogens is 1. The van der Waals surface area contributed by atoms with E-state index in [1.807, 2.05) is 11.1 Å². The number of piperidine rings is 1. The third-order valence-corrected chi connectivity index (χ3v) is 6.36. The van der Waals surface area contributed by atoms with Crippen LogP contribution >= 0.6 is 0 Å². The van der Waals surface area contributed by atoms with Gasteiger partial charge in [0.25, 0.3) is 0 Å². The van der Waals surface area contributed by atoms with Gasteiger partial charge in [-0.2, -0.15) is 0 Å². The summed E-state index contributed by atoms with van der Waals surface area (Å²) < 4.78 is 13.6. The lowest BCUT2D eigenvalue weighted by Gasteiger charge is -2.37. The van der Waals surface area contributed by atoms with Crippen molar-refractivity contribution < 1.29 is 9.18 Å². The minimum atomic E-state index is -0.214. The average molecular weight is 429 g/mol. The number of amides is 1. The van der Waals surface area contributed by atoms with Crippen LogP contribution in [0.5, 0.6) is 0 Å². The first-order valence-corrected chi connectivity index (χ1v) is 11.4. The Bertz CT molecular complexity index is 912. The third kappa shape index (κ3) is 5.36. The molecule has 31 heavy (non-hydrogen) atoms. The number of H-pyrrole nitrogens is 1. The first-order chi connectivity index (χ1) is 15.1. The molecule has 1 aromatic heterocycles. The van der Waals surface area contributed by atoms with Crippen LogP contribution in [0.3, 0.4) is 0 Å². The smallest absolute Gasteiger partial charge is 0.236 e. The molecule has 2 aliphatic rings. The third-order valence-electron chi connectivity index (χ3n) is 6.36. The summed E-state index contributed by atoms with van der Waals surface area (Å²) in [7, 11) is 1.80. The van der Waals surface area contributed by atoms with E-state index in [-0.39, 0.29) is 11.7 Å². The number of guanidine groups is 1. The molecule has 7 nitrogen and oxygen atoms in total. The Hall–Kier alpha value is -2.61. The summed E-state index contributed by atoms with van der Waals surface area (Å²) in [5, 5.41) is 4.37. The van der Waals surface area contributed by atoms with Gasteiger partial charge in [0.05, 0.1) is 6.54 Å². The van der Waals surface area contributed by atoms with E-state index in [1.165, 1.54) is 12.5 Å². The number of nitrogens with one attached hydrogen (secondary N) is 2. The fraction of sp³-hybridized carbons (Fsp3) is 0.565. The quantitative estimate of drug-likeness (QED) is 0.565. The number of benzene rings is 1. The Morgan fingerprint density at radius 1 is 1.10 bits per heavy atom. The maximum Gasteiger partial charge on any atom is 0.236 e. The van der Waals surface area contributed by atoms with Crippen molar-refractivity contribution in [1.29, 1.82) is 0 Å². The molecule has 0 atom stereocenters. The van der Waals surface area contributed by atoms with E-state index in [1.54, 1.807) is 19.2 Å². The Morgan fingerprint density at radius 3 is 2.61 bits per heavy atom. The highest BCUT2D eigenvalue weighted by atomic mass is 19.1. The fourth-order valence-corrected chi connectivity index (χ4v) is 4.55. The molecule has 1 aromatic carbocycles. The van der Waals surface area contributed by atoms with Gasteiger partial charge < -0.3 is 20.1 Å². The van der Waals surface area contributed by atoms with Crippen molar-refractivity contribution in [2.75, 3.05) is 59.4 Å². The summed E-state index contributed by atoms with van der Waals surface area (Å²) in [5.41, 5.74) is 2.05. The average Bonchev–Trinajstić information content (AvgIpc) is 3.20. The molecule has 2 N–H and O–H groups in total. The van der Waals surface area contributed by atoms with Gasteiger partial charge in [0.1, 0.15) is 5.82 Å². The van der Waals surface area contributed by atoms with Crippen LogP contribution in [0.1, 0.15) is 24.8 Å². The molecule has 0 spiro atoms. The van der Waals surface area contributed by atoms with Crippen molar-refractivity contribution in [3.63, 3.8) is 0 Å². The zero-order valence-corrected chi connectivity index (χ0v) is 18.4. The standard InChI is InChI=1S/C23H33FN6O/c1-25-23(26-8-7-18-16-27-21-6-5-19(24)15-20(18)21)30-13-11-28(12-14-30)17-22(31)29-9-3-2-4-10-29/h5-6,15-16,27H,2-4,7-14,17H2,1H3,(H,25,26). The lowest BCUT2D eigenvalue weighted by atomic mass is 10.1. The first kappa shape index (κ1) is 21.6. The lowest BCUT2D eigenvalue weighted by molar-refractivity contribution is -0.133. The van der Waals surface area contributed by atoms with Gasteiger partial charge in [0.2, 0.25) is 5.91 Å². The number of likely N-dealkylation sites (tertiary alicyclic amines) is 1. The highest BCUT2D eigenvalue weighted by molar-refractivity contribution is 5.83. The molecule has 3 heterocycles. The van der Waals surface area contributed by atoms with Gasteiger partial charge in [-0.15, -0.1) is 0 Å². The van der Waals surface area contributed by atoms with Crippen LogP contribution in [0.25, 0.3) is 10.9 Å². The molecule has 0 unspecified atom stereocenters. The van der Waals surface area contributed by atoms with Crippen LogP contribution in [0.15, 0.2) is 29.4 Å². The second-order valence-electron chi connectivity index (χ2n) is 8.43. The molecule has 168 valence electrons. The van der Waals surface area contributed by atoms with Crippen molar-refractivity contribution in [1.82, 2.24) is 25.0 Å². The highest BCUT2D eigenvalue weighted by Crippen LogP contribution is 2.19. The zero-order chi connectivity index (χ0) is 21.6. The molecule has 0 radical (unpaired) electrons. The number of carbonyl (C=O) groups excluding carboxylic acids is 1. The summed E-state index contributed by atoms with van der Waals surface area (Å²) in [4.78, 5) is 26.7. The number of carbonyl (C=O) groups is 1. The summed E-state index contributed by atoms with van der Waals surface area (Å²) in [6.07, 6.45) is 6.25. The zero-order valence-electron chi connectivity index (χ0n) is 18.4. The Morgan fingerprint density at radius 2 is 1.87 bits per heavy atom. The number of fused-ring (bicyclic) bond motifs is 1. The number of aromatic amines is 1. The van der Waals surface area contributed by atoms with Gasteiger partial charge in [0.15, 0.2) is 5.96 Å². The summed E-state index contributed by atoms with van der Waals surface area (Å²) in [6.45, 7) is 6.51. The molecule has 4 rings (SSSR count). The van der Waals surface area contributed by atoms with E-state index < -0.39 is 0 Å². The van der Waals surface area contributed by atoms with Gasteiger partial charge in [-0.3, -0.25) is 14.7 Å². The molecule has 0 saturated carbocycles. The predicted molar refractivity (Wildman–Crippen MR) is 122 cm³/mol. The molecule has 0 aliphatic carbocycles. The number of hydrogen-bond donors (Lipinski definition) is 2. The maximum atomic E-state index is 13.6. The van der Waals surface area contributed by atoms with E-state index in [2.05, 4.69) is 25.1 Å². The number of nitrogens with zero attached hydrogens (tertiary/aromatic N) is 4. The van der Waals surface area contributed by atoms with Crippen LogP contribution in [0.4, 0.5) is 4.39 Å². The number of aromatic nitrogens is 1. The molecule has 1 amide bonds. The van der Waals surface area contributed by atoms with E-state index in [0.717, 1.165) is 87.5 Å². The molecule has 0 bridgehead atoms. The number of rotatable bonds is 5. The summed E-state index contributed by atoms with van der Waals surface area (Å²) >= 11 is 0. The van der Waals surface area contributed by atoms with E-state index in [4.69, 9.17) is 0 Å². The van der Waals surface area contributed by atoms with Crippen molar-refractivity contribution in [2.24, 2.45) is 4.99 Å². The number of aliphatic imine (C=N–C) groups is 1. The van der Waals surface area contributed by atoms with Crippen LogP contribution < -0.4 is 5.32 Å². The van der Waals surface area contributed by atoms with Crippen molar-refractivity contribution >= 4 is 22.8 Å². The lowest BCUT2D eigenvalue weighted by Crippen LogP contribution is -2.54. The monoisotopic (exact) mass is 428 g/mol. The van der Waals surface area contributed by atoms with E-state index in [9.17, 15) is 9.18 Å². The molecule has 8 heteroatoms. The molecular weight excluding hydrogens is 395 g/mol. The van der Waals surface area contributed by atoms with Crippen molar-refractivity contribution in [3.05, 3.63) is 35.8 Å². The van der Waals surface area contributed by atoms with Gasteiger partial charge in [0, 0.05) is 70.0 Å². The highest BCUT2D eigenvalue weighted by Gasteiger charge is 2.24. The number of hydrogen-bond acceptors (Lipinski definition) is 3. The van der Waals surface area contributed by atoms with Crippen LogP contribution in [-0.4, -0.2) is 91.0 Å². The Kier molecular flexibility index (Phi) is 7.06. The Balaban J connectivity index is 1.23. The van der Waals surface area contributed by atoms with Gasteiger partial charge in [-0.1, -0.05) is 0 Å². The van der Waals surface area contributed by atoms with Gasteiger partial charge in [-0.25, -0.2) is 4.39 Å². The maximum absolute atomic E-state index is 13.6. The topological polar surface area (TPSA) is 67.0 Å². The Labute approximate surface area is 183 Å². The van der Waals surface area contributed by atoms with E-state index >= 15 is 0 Å². The van der Waals surface area contributed by atoms with E-state index in [0.29, 0.717) is 6.54 Å². The van der Waals surface area contributed by atoms with Gasteiger partial charge in [-0.05, 0) is 49.4 Å². The summed E-state index contributed by atoms with van der Waals surface area (Å²) in [5.74, 6) is 0.938. The molecule has 2 saturated heterocycles. The van der Waals surface area contributed by atoms with Crippen LogP contribution in [0, 0.1) is 5.82 Å². The predicted octanol–water partition coefficient (Wildman–Crippen LogP) is 2.05. The van der Waals surface area contributed by atoms with Crippen LogP contribution in [0.2, 0.25) is 0 Å². The first-order valence-electron chi connectivity index (χ1n) is 11.4. The molecule has 2 aliphatic heterocycles. The van der Waals surface area contributed by atoms with Crippen LogP contribution in [-0.2, 0) is 11.2 Å². The SMILES string of the molecule is CN=C(NCCc1c[nH]c2ccc(F)cc12)N1CCN(CC(=O)N2CCCCC2)CC1. The summed E-state index contributed by atoms with van der Waals surface area (Å²) in [6, 6.07) is 4.83.